The average Bonchev–Trinajstić information content (AvgIpc) is 2.60. The summed E-state index contributed by atoms with van der Waals surface area (Å²) in [4.78, 5) is 33.7. The Bertz CT molecular complexity index is 899. The minimum absolute atomic E-state index is 0.0209. The Labute approximate surface area is 153 Å². The minimum Gasteiger partial charge on any atom is -0.336 e. The second-order valence-corrected chi connectivity index (χ2v) is 7.08. The van der Waals surface area contributed by atoms with Gasteiger partial charge in [0.15, 0.2) is 0 Å². The Morgan fingerprint density at radius 1 is 1.38 bits per heavy atom. The molecule has 0 spiro atoms. The van der Waals surface area contributed by atoms with E-state index in [2.05, 4.69) is 21.4 Å². The summed E-state index contributed by atoms with van der Waals surface area (Å²) in [6, 6.07) is 8.80. The van der Waals surface area contributed by atoms with E-state index in [0.717, 1.165) is 0 Å². The van der Waals surface area contributed by atoms with Crippen molar-refractivity contribution in [3.8, 4) is 6.07 Å². The molecule has 7 heteroatoms. The molecule has 0 saturated carbocycles. The zero-order valence-corrected chi connectivity index (χ0v) is 15.8. The van der Waals surface area contributed by atoms with Gasteiger partial charge in [0, 0.05) is 0 Å². The SMILES string of the molecule is CC(C)[C@](C)(C#N)NC(=O)[C@@H](C)N(C)Cc1nc2ccccc2c(=O)[nH]1. The van der Waals surface area contributed by atoms with Gasteiger partial charge in [-0.25, -0.2) is 4.98 Å². The Balaban J connectivity index is 2.14. The second kappa shape index (κ2) is 7.67. The molecular weight excluding hydrogens is 330 g/mol. The monoisotopic (exact) mass is 355 g/mol. The van der Waals surface area contributed by atoms with Gasteiger partial charge in [-0.1, -0.05) is 26.0 Å². The molecule has 2 N–H and O–H groups in total. The van der Waals surface area contributed by atoms with Crippen molar-refractivity contribution in [2.45, 2.75) is 45.8 Å². The van der Waals surface area contributed by atoms with Crippen LogP contribution in [-0.2, 0) is 11.3 Å². The van der Waals surface area contributed by atoms with Gasteiger partial charge in [-0.2, -0.15) is 5.26 Å². The van der Waals surface area contributed by atoms with Crippen molar-refractivity contribution in [1.29, 1.82) is 5.26 Å². The maximum atomic E-state index is 12.5. The number of likely N-dealkylation sites (N-methyl/N-ethyl adjacent to an activating group) is 1. The fourth-order valence-corrected chi connectivity index (χ4v) is 2.44. The Hall–Kier alpha value is -2.72. The van der Waals surface area contributed by atoms with Crippen molar-refractivity contribution >= 4 is 16.8 Å². The quantitative estimate of drug-likeness (QED) is 0.823. The number of nitrogens with zero attached hydrogens (tertiary/aromatic N) is 3. The van der Waals surface area contributed by atoms with E-state index in [-0.39, 0.29) is 17.4 Å². The maximum Gasteiger partial charge on any atom is 0.258 e. The molecule has 0 unspecified atom stereocenters. The van der Waals surface area contributed by atoms with E-state index < -0.39 is 11.6 Å². The molecule has 2 atom stereocenters. The van der Waals surface area contributed by atoms with Crippen LogP contribution in [0.25, 0.3) is 10.9 Å². The Kier molecular flexibility index (Phi) is 5.78. The summed E-state index contributed by atoms with van der Waals surface area (Å²) in [6.45, 7) is 7.56. The van der Waals surface area contributed by atoms with Crippen LogP contribution in [0.3, 0.4) is 0 Å². The molecule has 0 bridgehead atoms. The third kappa shape index (κ3) is 4.09. The number of aromatic amines is 1. The number of H-pyrrole nitrogens is 1. The lowest BCUT2D eigenvalue weighted by Gasteiger charge is -2.31. The van der Waals surface area contributed by atoms with Gasteiger partial charge in [0.1, 0.15) is 11.4 Å². The van der Waals surface area contributed by atoms with Crippen molar-refractivity contribution in [1.82, 2.24) is 20.2 Å². The number of nitrogens with one attached hydrogen (secondary N) is 2. The van der Waals surface area contributed by atoms with Crippen LogP contribution in [0.2, 0.25) is 0 Å². The molecule has 0 radical (unpaired) electrons. The van der Waals surface area contributed by atoms with Crippen LogP contribution in [0.15, 0.2) is 29.1 Å². The molecule has 1 aromatic heterocycles. The minimum atomic E-state index is -0.929. The van der Waals surface area contributed by atoms with E-state index in [1.165, 1.54) is 0 Å². The van der Waals surface area contributed by atoms with Gasteiger partial charge in [-0.3, -0.25) is 14.5 Å². The van der Waals surface area contributed by atoms with E-state index >= 15 is 0 Å². The Morgan fingerprint density at radius 3 is 2.65 bits per heavy atom. The number of benzene rings is 1. The highest BCUT2D eigenvalue weighted by atomic mass is 16.2. The lowest BCUT2D eigenvalue weighted by molar-refractivity contribution is -0.127. The van der Waals surface area contributed by atoms with Gasteiger partial charge in [0.05, 0.1) is 29.6 Å². The number of aromatic nitrogens is 2. The second-order valence-electron chi connectivity index (χ2n) is 7.08. The highest BCUT2D eigenvalue weighted by Gasteiger charge is 2.32. The first-order chi connectivity index (χ1) is 12.2. The molecule has 1 aromatic carbocycles. The Morgan fingerprint density at radius 2 is 2.04 bits per heavy atom. The number of hydrogen-bond acceptors (Lipinski definition) is 5. The molecule has 0 fully saturated rings. The van der Waals surface area contributed by atoms with E-state index in [4.69, 9.17) is 0 Å². The number of carbonyl (C=O) groups is 1. The lowest BCUT2D eigenvalue weighted by Crippen LogP contribution is -2.54. The number of hydrogen-bond donors (Lipinski definition) is 2. The summed E-state index contributed by atoms with van der Waals surface area (Å²) in [5.41, 5.74) is -0.511. The predicted molar refractivity (Wildman–Crippen MR) is 100 cm³/mol. The molecule has 1 heterocycles. The van der Waals surface area contributed by atoms with Crippen molar-refractivity contribution < 1.29 is 4.79 Å². The smallest absolute Gasteiger partial charge is 0.258 e. The van der Waals surface area contributed by atoms with E-state index in [1.807, 2.05) is 19.9 Å². The molecule has 7 nitrogen and oxygen atoms in total. The van der Waals surface area contributed by atoms with Gasteiger partial charge in [0.25, 0.3) is 5.56 Å². The van der Waals surface area contributed by atoms with E-state index in [9.17, 15) is 14.9 Å². The number of amides is 1. The molecule has 26 heavy (non-hydrogen) atoms. The topological polar surface area (TPSA) is 102 Å². The standard InChI is InChI=1S/C19H25N5O2/c1-12(2)19(4,11-20)23-17(25)13(3)24(5)10-16-21-15-9-7-6-8-14(15)18(26)22-16/h6-9,12-13H,10H2,1-5H3,(H,23,25)(H,21,22,26)/t13-,19+/m1/s1. The van der Waals surface area contributed by atoms with Crippen LogP contribution in [0.4, 0.5) is 0 Å². The van der Waals surface area contributed by atoms with Crippen molar-refractivity contribution in [2.75, 3.05) is 7.05 Å². The summed E-state index contributed by atoms with van der Waals surface area (Å²) < 4.78 is 0. The van der Waals surface area contributed by atoms with Crippen molar-refractivity contribution in [3.05, 3.63) is 40.4 Å². The zero-order valence-electron chi connectivity index (χ0n) is 15.8. The number of carbonyl (C=O) groups excluding carboxylic acids is 1. The number of nitriles is 1. The van der Waals surface area contributed by atoms with E-state index in [1.54, 1.807) is 44.0 Å². The maximum absolute atomic E-state index is 12.5. The van der Waals surface area contributed by atoms with Crippen LogP contribution < -0.4 is 10.9 Å². The van der Waals surface area contributed by atoms with Gasteiger partial charge < -0.3 is 10.3 Å². The molecule has 2 rings (SSSR count). The first-order valence-corrected chi connectivity index (χ1v) is 8.59. The predicted octanol–water partition coefficient (Wildman–Crippen LogP) is 1.80. The van der Waals surface area contributed by atoms with Crippen LogP contribution in [-0.4, -0.2) is 39.4 Å². The third-order valence-corrected chi connectivity index (χ3v) is 4.87. The van der Waals surface area contributed by atoms with Gasteiger partial charge in [-0.15, -0.1) is 0 Å². The van der Waals surface area contributed by atoms with Crippen LogP contribution >= 0.6 is 0 Å². The molecule has 2 aromatic rings. The van der Waals surface area contributed by atoms with Gasteiger partial charge in [0.2, 0.25) is 5.91 Å². The molecule has 138 valence electrons. The summed E-state index contributed by atoms with van der Waals surface area (Å²) in [5.74, 6) is 0.226. The number of fused-ring (bicyclic) bond motifs is 1. The molecule has 0 aliphatic rings. The number of para-hydroxylation sites is 1. The fourth-order valence-electron chi connectivity index (χ4n) is 2.44. The first-order valence-electron chi connectivity index (χ1n) is 8.59. The molecule has 1 amide bonds. The summed E-state index contributed by atoms with van der Waals surface area (Å²) in [5, 5.41) is 12.7. The van der Waals surface area contributed by atoms with Crippen LogP contribution in [0, 0.1) is 17.2 Å². The first kappa shape index (κ1) is 19.6. The highest BCUT2D eigenvalue weighted by Crippen LogP contribution is 2.16. The molecule has 0 aliphatic carbocycles. The molecular formula is C19H25N5O2. The van der Waals surface area contributed by atoms with Crippen molar-refractivity contribution in [3.63, 3.8) is 0 Å². The number of rotatable bonds is 6. The normalized spacial score (nSPS) is 14.8. The largest absolute Gasteiger partial charge is 0.336 e. The molecule has 0 aliphatic heterocycles. The summed E-state index contributed by atoms with van der Waals surface area (Å²) in [7, 11) is 1.78. The fraction of sp³-hybridized carbons (Fsp3) is 0.474. The zero-order chi connectivity index (χ0) is 19.5. The molecule has 0 saturated heterocycles. The third-order valence-electron chi connectivity index (χ3n) is 4.87. The van der Waals surface area contributed by atoms with Crippen molar-refractivity contribution in [2.24, 2.45) is 5.92 Å². The highest BCUT2D eigenvalue weighted by molar-refractivity contribution is 5.82. The van der Waals surface area contributed by atoms with E-state index in [0.29, 0.717) is 23.3 Å². The van der Waals surface area contributed by atoms with Crippen LogP contribution in [0.1, 0.15) is 33.5 Å². The van der Waals surface area contributed by atoms with Gasteiger partial charge >= 0.3 is 0 Å². The van der Waals surface area contributed by atoms with Crippen LogP contribution in [0.5, 0.6) is 0 Å². The average molecular weight is 355 g/mol. The van der Waals surface area contributed by atoms with Gasteiger partial charge in [-0.05, 0) is 38.9 Å². The summed E-state index contributed by atoms with van der Waals surface area (Å²) in [6.07, 6.45) is 0. The summed E-state index contributed by atoms with van der Waals surface area (Å²) >= 11 is 0. The lowest BCUT2D eigenvalue weighted by atomic mass is 9.90.